The van der Waals surface area contributed by atoms with Crippen LogP contribution in [0.15, 0.2) is 28.8 Å². The maximum Gasteiger partial charge on any atom is 0.147 e. The quantitative estimate of drug-likeness (QED) is 0.886. The second kappa shape index (κ2) is 6.08. The molecule has 0 radical (unpaired) electrons. The van der Waals surface area contributed by atoms with Crippen LogP contribution in [0.4, 0.5) is 5.82 Å². The van der Waals surface area contributed by atoms with Crippen LogP contribution in [0, 0.1) is 6.92 Å². The molecule has 1 saturated carbocycles. The number of pyridine rings is 1. The van der Waals surface area contributed by atoms with Gasteiger partial charge < -0.3 is 14.6 Å². The summed E-state index contributed by atoms with van der Waals surface area (Å²) in [5.41, 5.74) is 1.12. The maximum atomic E-state index is 6.36. The van der Waals surface area contributed by atoms with Gasteiger partial charge in [-0.15, -0.1) is 0 Å². The van der Waals surface area contributed by atoms with E-state index in [4.69, 9.17) is 16.0 Å². The minimum atomic E-state index is 0.653. The highest BCUT2D eigenvalue weighted by Crippen LogP contribution is 2.25. The van der Waals surface area contributed by atoms with Gasteiger partial charge in [-0.25, -0.2) is 4.98 Å². The van der Waals surface area contributed by atoms with Crippen molar-refractivity contribution in [2.75, 3.05) is 11.9 Å². The van der Waals surface area contributed by atoms with E-state index in [1.54, 1.807) is 0 Å². The van der Waals surface area contributed by atoms with E-state index >= 15 is 0 Å². The molecule has 3 rings (SSSR count). The minimum absolute atomic E-state index is 0.653. The molecule has 2 heterocycles. The van der Waals surface area contributed by atoms with Gasteiger partial charge in [0.15, 0.2) is 0 Å². The lowest BCUT2D eigenvalue weighted by Crippen LogP contribution is -2.19. The molecule has 1 fully saturated rings. The van der Waals surface area contributed by atoms with Crippen molar-refractivity contribution in [1.82, 2.24) is 10.3 Å². The van der Waals surface area contributed by atoms with Crippen molar-refractivity contribution < 1.29 is 4.42 Å². The Bertz CT molecular complexity index is 622. The van der Waals surface area contributed by atoms with Crippen LogP contribution in [0.5, 0.6) is 0 Å². The van der Waals surface area contributed by atoms with Crippen molar-refractivity contribution in [3.63, 3.8) is 0 Å². The van der Waals surface area contributed by atoms with Gasteiger partial charge in [0.05, 0.1) is 11.6 Å². The van der Waals surface area contributed by atoms with E-state index in [1.807, 2.05) is 43.3 Å². The highest BCUT2D eigenvalue weighted by molar-refractivity contribution is 6.33. The molecule has 0 spiro atoms. The second-order valence-electron chi connectivity index (χ2n) is 5.67. The van der Waals surface area contributed by atoms with Crippen LogP contribution in [-0.4, -0.2) is 18.1 Å². The third kappa shape index (κ3) is 3.77. The highest BCUT2D eigenvalue weighted by atomic mass is 35.5. The van der Waals surface area contributed by atoms with Crippen molar-refractivity contribution in [2.24, 2.45) is 0 Å². The number of halogens is 1. The summed E-state index contributed by atoms with van der Waals surface area (Å²) in [4.78, 5) is 6.49. The molecule has 2 aromatic heterocycles. The number of hydrogen-bond donors (Lipinski definition) is 1. The number of nitrogens with zero attached hydrogens (tertiary/aromatic N) is 2. The summed E-state index contributed by atoms with van der Waals surface area (Å²) in [6, 6.07) is 6.62. The first-order chi connectivity index (χ1) is 10.1. The van der Waals surface area contributed by atoms with Gasteiger partial charge in [-0.1, -0.05) is 11.6 Å². The third-order valence-corrected chi connectivity index (χ3v) is 3.88. The van der Waals surface area contributed by atoms with Crippen molar-refractivity contribution in [2.45, 2.75) is 38.9 Å². The van der Waals surface area contributed by atoms with Crippen molar-refractivity contribution in [3.8, 4) is 0 Å². The fourth-order valence-electron chi connectivity index (χ4n) is 2.28. The molecule has 1 aliphatic carbocycles. The first-order valence-electron chi connectivity index (χ1n) is 7.26. The molecule has 1 aliphatic rings. The molecule has 0 atom stereocenters. The van der Waals surface area contributed by atoms with Crippen LogP contribution >= 0.6 is 11.6 Å². The van der Waals surface area contributed by atoms with Crippen LogP contribution in [0.1, 0.15) is 29.9 Å². The minimum Gasteiger partial charge on any atom is -0.464 e. The fourth-order valence-corrected chi connectivity index (χ4v) is 2.61. The first kappa shape index (κ1) is 14.4. The van der Waals surface area contributed by atoms with Gasteiger partial charge >= 0.3 is 0 Å². The van der Waals surface area contributed by atoms with Gasteiger partial charge in [-0.3, -0.25) is 0 Å². The van der Waals surface area contributed by atoms with Crippen molar-refractivity contribution >= 4 is 17.4 Å². The number of hydrogen-bond acceptors (Lipinski definition) is 4. The predicted octanol–water partition coefficient (Wildman–Crippen LogP) is 3.52. The van der Waals surface area contributed by atoms with Crippen LogP contribution in [0.3, 0.4) is 0 Å². The molecule has 4 nitrogen and oxygen atoms in total. The maximum absolute atomic E-state index is 6.36. The Balaban J connectivity index is 1.65. The molecule has 0 aromatic carbocycles. The molecule has 5 heteroatoms. The molecule has 0 unspecified atom stereocenters. The van der Waals surface area contributed by atoms with Crippen molar-refractivity contribution in [1.29, 1.82) is 0 Å². The zero-order valence-electron chi connectivity index (χ0n) is 12.4. The third-order valence-electron chi connectivity index (χ3n) is 3.60. The molecule has 0 amide bonds. The molecule has 0 bridgehead atoms. The van der Waals surface area contributed by atoms with Crippen LogP contribution in [-0.2, 0) is 13.1 Å². The van der Waals surface area contributed by atoms with E-state index < -0.39 is 0 Å². The molecule has 112 valence electrons. The van der Waals surface area contributed by atoms with Gasteiger partial charge in [-0.2, -0.15) is 0 Å². The molecule has 0 aliphatic heterocycles. The Kier molecular flexibility index (Phi) is 4.17. The van der Waals surface area contributed by atoms with E-state index in [0.717, 1.165) is 29.4 Å². The molecule has 1 N–H and O–H groups in total. The topological polar surface area (TPSA) is 41.3 Å². The Hall–Kier alpha value is -1.52. The van der Waals surface area contributed by atoms with E-state index in [2.05, 4.69) is 10.3 Å². The van der Waals surface area contributed by atoms with E-state index in [-0.39, 0.29) is 0 Å². The van der Waals surface area contributed by atoms with Crippen LogP contribution in [0.2, 0.25) is 5.02 Å². The fraction of sp³-hybridized carbons (Fsp3) is 0.438. The number of nitrogens with one attached hydrogen (secondary N) is 1. The monoisotopic (exact) mass is 305 g/mol. The Morgan fingerprint density at radius 1 is 1.43 bits per heavy atom. The van der Waals surface area contributed by atoms with Gasteiger partial charge in [0.1, 0.15) is 17.3 Å². The lowest BCUT2D eigenvalue weighted by atomic mass is 10.2. The first-order valence-corrected chi connectivity index (χ1v) is 7.64. The summed E-state index contributed by atoms with van der Waals surface area (Å²) >= 11 is 6.36. The molecule has 0 saturated heterocycles. The summed E-state index contributed by atoms with van der Waals surface area (Å²) in [5.74, 6) is 2.60. The van der Waals surface area contributed by atoms with E-state index in [1.165, 1.54) is 12.8 Å². The number of anilines is 1. The lowest BCUT2D eigenvalue weighted by molar-refractivity contribution is 0.481. The van der Waals surface area contributed by atoms with Crippen molar-refractivity contribution in [3.05, 3.63) is 46.5 Å². The van der Waals surface area contributed by atoms with Gasteiger partial charge in [0.25, 0.3) is 0 Å². The molecular weight excluding hydrogens is 286 g/mol. The zero-order chi connectivity index (χ0) is 14.8. The number of aromatic nitrogens is 1. The Morgan fingerprint density at radius 3 is 2.86 bits per heavy atom. The summed E-state index contributed by atoms with van der Waals surface area (Å²) in [6.07, 6.45) is 4.45. The van der Waals surface area contributed by atoms with E-state index in [0.29, 0.717) is 17.6 Å². The smallest absolute Gasteiger partial charge is 0.147 e. The Labute approximate surface area is 130 Å². The summed E-state index contributed by atoms with van der Waals surface area (Å²) in [5, 5.41) is 4.14. The largest absolute Gasteiger partial charge is 0.464 e. The predicted molar refractivity (Wildman–Crippen MR) is 84.7 cm³/mol. The van der Waals surface area contributed by atoms with Gasteiger partial charge in [-0.05, 0) is 43.5 Å². The normalized spacial score (nSPS) is 14.4. The average molecular weight is 306 g/mol. The average Bonchev–Trinajstić information content (AvgIpc) is 3.19. The standard InChI is InChI=1S/C16H20ClN3O/c1-11-3-6-14(21-11)10-20(2)16-15(17)7-12(9-19-16)8-18-13-4-5-13/h3,6-7,9,13,18H,4-5,8,10H2,1-2H3. The van der Waals surface area contributed by atoms with Gasteiger partial charge in [0.2, 0.25) is 0 Å². The summed E-state index contributed by atoms with van der Waals surface area (Å²) in [7, 11) is 1.97. The van der Waals surface area contributed by atoms with Crippen LogP contribution in [0.25, 0.3) is 0 Å². The van der Waals surface area contributed by atoms with Crippen LogP contribution < -0.4 is 10.2 Å². The number of rotatable bonds is 6. The molecular formula is C16H20ClN3O. The highest BCUT2D eigenvalue weighted by Gasteiger charge is 2.20. The lowest BCUT2D eigenvalue weighted by Gasteiger charge is -2.18. The van der Waals surface area contributed by atoms with Gasteiger partial charge in [0, 0.05) is 25.8 Å². The molecule has 21 heavy (non-hydrogen) atoms. The zero-order valence-corrected chi connectivity index (χ0v) is 13.2. The summed E-state index contributed by atoms with van der Waals surface area (Å²) < 4.78 is 5.59. The molecule has 2 aromatic rings. The number of aryl methyl sites for hydroxylation is 1. The van der Waals surface area contributed by atoms with E-state index in [9.17, 15) is 0 Å². The summed E-state index contributed by atoms with van der Waals surface area (Å²) in [6.45, 7) is 3.43. The SMILES string of the molecule is Cc1ccc(CN(C)c2ncc(CNC3CC3)cc2Cl)o1. The Morgan fingerprint density at radius 2 is 2.24 bits per heavy atom. The number of furan rings is 1. The second-order valence-corrected chi connectivity index (χ2v) is 6.08.